The molecule has 2 aromatic rings. The van der Waals surface area contributed by atoms with Crippen molar-refractivity contribution < 1.29 is 13.2 Å². The Labute approximate surface area is 208 Å². The zero-order valence-electron chi connectivity index (χ0n) is 19.0. The first-order chi connectivity index (χ1) is 14.9. The fourth-order valence-electron chi connectivity index (χ4n) is 3.60. The lowest BCUT2D eigenvalue weighted by atomic mass is 10.1. The molecule has 0 amide bonds. The number of hydrogen-bond acceptors (Lipinski definition) is 5. The van der Waals surface area contributed by atoms with E-state index < -0.39 is 9.84 Å². The van der Waals surface area contributed by atoms with Crippen molar-refractivity contribution in [2.24, 2.45) is 4.99 Å². The molecule has 0 radical (unpaired) electrons. The van der Waals surface area contributed by atoms with Crippen LogP contribution in [0.4, 0.5) is 5.69 Å². The molecule has 2 aromatic carbocycles. The van der Waals surface area contributed by atoms with E-state index in [0.29, 0.717) is 11.4 Å². The number of benzene rings is 2. The van der Waals surface area contributed by atoms with Crippen molar-refractivity contribution in [1.82, 2.24) is 10.2 Å². The number of methoxy groups -OCH3 is 1. The number of anilines is 1. The van der Waals surface area contributed by atoms with Crippen LogP contribution < -0.4 is 15.0 Å². The lowest BCUT2D eigenvalue weighted by Crippen LogP contribution is -2.52. The van der Waals surface area contributed by atoms with Gasteiger partial charge in [0.1, 0.15) is 5.75 Å². The number of hydrogen-bond donors (Lipinski definition) is 1. The molecule has 0 aromatic heterocycles. The van der Waals surface area contributed by atoms with Crippen LogP contribution in [0.15, 0.2) is 58.4 Å². The molecule has 32 heavy (non-hydrogen) atoms. The van der Waals surface area contributed by atoms with Crippen LogP contribution in [0.5, 0.6) is 5.75 Å². The lowest BCUT2D eigenvalue weighted by Gasteiger charge is -2.37. The van der Waals surface area contributed by atoms with Crippen LogP contribution in [0.3, 0.4) is 0 Å². The number of ether oxygens (including phenoxy) is 1. The first-order valence-electron chi connectivity index (χ1n) is 10.6. The maximum absolute atomic E-state index is 11.6. The van der Waals surface area contributed by atoms with Gasteiger partial charge in [-0.15, -0.1) is 24.0 Å². The Balaban J connectivity index is 0.00000363. The topological polar surface area (TPSA) is 74.2 Å². The Morgan fingerprint density at radius 1 is 1.09 bits per heavy atom. The molecule has 7 nitrogen and oxygen atoms in total. The summed E-state index contributed by atoms with van der Waals surface area (Å²) in [6.45, 7) is 7.17. The average Bonchev–Trinajstić information content (AvgIpc) is 2.78. The molecular weight excluding hydrogens is 539 g/mol. The van der Waals surface area contributed by atoms with Gasteiger partial charge in [-0.3, -0.25) is 4.99 Å². The van der Waals surface area contributed by atoms with Gasteiger partial charge in [-0.25, -0.2) is 8.42 Å². The van der Waals surface area contributed by atoms with E-state index >= 15 is 0 Å². The number of nitrogens with zero attached hydrogens (tertiary/aromatic N) is 3. The maximum atomic E-state index is 11.6. The van der Waals surface area contributed by atoms with E-state index in [1.165, 1.54) is 11.9 Å². The molecule has 1 fully saturated rings. The van der Waals surface area contributed by atoms with Crippen LogP contribution >= 0.6 is 24.0 Å². The molecule has 0 unspecified atom stereocenters. The van der Waals surface area contributed by atoms with Crippen LogP contribution in [0, 0.1) is 0 Å². The molecular formula is C23H33IN4O3S. The standard InChI is InChI=1S/C23H32N4O3S.HI/c1-4-24-23(25-13-12-19-8-10-22(11-9-19)31(3,28)29)27-16-14-26(15-17-27)20-6-5-7-21(18-20)30-2;/h5-11,18H,4,12-17H2,1-3H3,(H,24,25);1H. The summed E-state index contributed by atoms with van der Waals surface area (Å²) in [5.41, 5.74) is 2.26. The van der Waals surface area contributed by atoms with E-state index in [9.17, 15) is 8.42 Å². The number of guanidine groups is 1. The van der Waals surface area contributed by atoms with Crippen LogP contribution in [0.1, 0.15) is 12.5 Å². The highest BCUT2D eigenvalue weighted by Gasteiger charge is 2.20. The van der Waals surface area contributed by atoms with Gasteiger partial charge in [0, 0.05) is 57.3 Å². The van der Waals surface area contributed by atoms with Gasteiger partial charge in [0.15, 0.2) is 15.8 Å². The van der Waals surface area contributed by atoms with Crippen molar-refractivity contribution in [3.63, 3.8) is 0 Å². The molecule has 1 saturated heterocycles. The van der Waals surface area contributed by atoms with Crippen molar-refractivity contribution in [2.45, 2.75) is 18.2 Å². The van der Waals surface area contributed by atoms with E-state index in [2.05, 4.69) is 34.2 Å². The van der Waals surface area contributed by atoms with E-state index in [1.54, 1.807) is 19.2 Å². The normalized spacial score (nSPS) is 14.7. The summed E-state index contributed by atoms with van der Waals surface area (Å²) in [6, 6.07) is 15.2. The third-order valence-electron chi connectivity index (χ3n) is 5.35. The van der Waals surface area contributed by atoms with Crippen LogP contribution in [0.25, 0.3) is 0 Å². The molecule has 0 aliphatic carbocycles. The van der Waals surface area contributed by atoms with Gasteiger partial charge < -0.3 is 19.9 Å². The first-order valence-corrected chi connectivity index (χ1v) is 12.5. The van der Waals surface area contributed by atoms with Gasteiger partial charge >= 0.3 is 0 Å². The molecule has 176 valence electrons. The quantitative estimate of drug-likeness (QED) is 0.313. The molecule has 0 spiro atoms. The number of sulfone groups is 1. The predicted molar refractivity (Wildman–Crippen MR) is 141 cm³/mol. The molecule has 1 aliphatic heterocycles. The average molecular weight is 573 g/mol. The number of nitrogens with one attached hydrogen (secondary N) is 1. The highest BCUT2D eigenvalue weighted by Crippen LogP contribution is 2.22. The van der Waals surface area contributed by atoms with Crippen LogP contribution in [0.2, 0.25) is 0 Å². The minimum absolute atomic E-state index is 0. The molecule has 0 saturated carbocycles. The van der Waals surface area contributed by atoms with Crippen molar-refractivity contribution in [3.8, 4) is 5.75 Å². The molecule has 1 N–H and O–H groups in total. The summed E-state index contributed by atoms with van der Waals surface area (Å²) in [6.07, 6.45) is 1.99. The lowest BCUT2D eigenvalue weighted by molar-refractivity contribution is 0.372. The van der Waals surface area contributed by atoms with Crippen LogP contribution in [-0.4, -0.2) is 71.9 Å². The van der Waals surface area contributed by atoms with Gasteiger partial charge in [0.2, 0.25) is 0 Å². The zero-order valence-corrected chi connectivity index (χ0v) is 22.1. The van der Waals surface area contributed by atoms with Gasteiger partial charge in [-0.1, -0.05) is 18.2 Å². The van der Waals surface area contributed by atoms with Gasteiger partial charge in [-0.2, -0.15) is 0 Å². The summed E-state index contributed by atoms with van der Waals surface area (Å²) in [5.74, 6) is 1.81. The molecule has 1 aliphatic rings. The molecule has 0 atom stereocenters. The monoisotopic (exact) mass is 572 g/mol. The molecule has 1 heterocycles. The third-order valence-corrected chi connectivity index (χ3v) is 6.47. The van der Waals surface area contributed by atoms with E-state index in [-0.39, 0.29) is 24.0 Å². The molecule has 0 bridgehead atoms. The number of halogens is 1. The third kappa shape index (κ3) is 7.26. The van der Waals surface area contributed by atoms with E-state index in [4.69, 9.17) is 9.73 Å². The SMILES string of the molecule is CCNC(=NCCc1ccc(S(C)(=O)=O)cc1)N1CCN(c2cccc(OC)c2)CC1.I. The zero-order chi connectivity index (χ0) is 22.3. The van der Waals surface area contributed by atoms with Crippen LogP contribution in [-0.2, 0) is 16.3 Å². The predicted octanol–water partition coefficient (Wildman–Crippen LogP) is 3.05. The smallest absolute Gasteiger partial charge is 0.194 e. The first kappa shape index (κ1) is 26.2. The Hall–Kier alpha value is -2.01. The Bertz CT molecular complexity index is 989. The van der Waals surface area contributed by atoms with Crippen molar-refractivity contribution in [2.75, 3.05) is 57.5 Å². The van der Waals surface area contributed by atoms with Crippen molar-refractivity contribution in [1.29, 1.82) is 0 Å². The van der Waals surface area contributed by atoms with Gasteiger partial charge in [0.25, 0.3) is 0 Å². The highest BCUT2D eigenvalue weighted by atomic mass is 127. The minimum Gasteiger partial charge on any atom is -0.497 e. The molecule has 9 heteroatoms. The fourth-order valence-corrected chi connectivity index (χ4v) is 4.23. The number of aliphatic imine (C=N–C) groups is 1. The highest BCUT2D eigenvalue weighted by molar-refractivity contribution is 14.0. The van der Waals surface area contributed by atoms with Crippen molar-refractivity contribution >= 4 is 45.5 Å². The van der Waals surface area contributed by atoms with E-state index in [1.807, 2.05) is 24.3 Å². The Morgan fingerprint density at radius 2 is 1.78 bits per heavy atom. The summed E-state index contributed by atoms with van der Waals surface area (Å²) in [7, 11) is -1.47. The second-order valence-corrected chi connectivity index (χ2v) is 9.59. The summed E-state index contributed by atoms with van der Waals surface area (Å²) < 4.78 is 28.5. The summed E-state index contributed by atoms with van der Waals surface area (Å²) in [5, 5.41) is 3.40. The maximum Gasteiger partial charge on any atom is 0.194 e. The second kappa shape index (κ2) is 12.3. The fraction of sp³-hybridized carbons (Fsp3) is 0.435. The largest absolute Gasteiger partial charge is 0.497 e. The Kier molecular flexibility index (Phi) is 10.1. The second-order valence-electron chi connectivity index (χ2n) is 7.58. The van der Waals surface area contributed by atoms with Crippen molar-refractivity contribution in [3.05, 3.63) is 54.1 Å². The Morgan fingerprint density at radius 3 is 2.38 bits per heavy atom. The number of piperazine rings is 1. The van der Waals surface area contributed by atoms with Gasteiger partial charge in [0.05, 0.1) is 12.0 Å². The minimum atomic E-state index is -3.16. The van der Waals surface area contributed by atoms with Gasteiger partial charge in [-0.05, 0) is 43.2 Å². The summed E-state index contributed by atoms with van der Waals surface area (Å²) in [4.78, 5) is 9.82. The van der Waals surface area contributed by atoms with E-state index in [0.717, 1.165) is 56.4 Å². The summed E-state index contributed by atoms with van der Waals surface area (Å²) >= 11 is 0. The molecule has 3 rings (SSSR count). The number of rotatable bonds is 7.